The maximum atomic E-state index is 13.4. The number of piperidine rings is 1. The molecular formula is C30H29N3O4. The first kappa shape index (κ1) is 22.6. The highest BCUT2D eigenvalue weighted by Crippen LogP contribution is 2.41. The van der Waals surface area contributed by atoms with Crippen molar-refractivity contribution in [3.8, 4) is 0 Å². The normalized spacial score (nSPS) is 25.2. The molecule has 4 heterocycles. The summed E-state index contributed by atoms with van der Waals surface area (Å²) in [6, 6.07) is 19.1. The minimum Gasteiger partial charge on any atom is -0.378 e. The molecule has 0 saturated carbocycles. The molecule has 7 heteroatoms. The highest BCUT2D eigenvalue weighted by atomic mass is 16.5. The standard InChI is InChI=1S/C30H29N3O4/c34-27-13-12-26(29(35)31-27)33-25-11-8-20(23-2-1-3-24(28(23)25)30(33)36)14-18-4-6-19(7-5-18)15-32-21-9-10-22(32)17-37-16-21/h1-8,11,21-22,26H,9-10,12-17H2,(H,31,34,35). The van der Waals surface area contributed by atoms with Gasteiger partial charge in [0.05, 0.1) is 18.9 Å². The summed E-state index contributed by atoms with van der Waals surface area (Å²) in [5.41, 5.74) is 5.07. The smallest absolute Gasteiger partial charge is 0.259 e. The number of fused-ring (bicyclic) bond motifs is 2. The molecule has 3 fully saturated rings. The number of hydrogen-bond donors (Lipinski definition) is 1. The summed E-state index contributed by atoms with van der Waals surface area (Å²) in [7, 11) is 0. The second-order valence-corrected chi connectivity index (χ2v) is 10.7. The van der Waals surface area contributed by atoms with Gasteiger partial charge in [0.2, 0.25) is 11.8 Å². The van der Waals surface area contributed by atoms with Crippen LogP contribution in [0.25, 0.3) is 10.8 Å². The zero-order valence-electron chi connectivity index (χ0n) is 20.6. The molecule has 0 aromatic heterocycles. The van der Waals surface area contributed by atoms with E-state index in [1.54, 1.807) is 4.90 Å². The van der Waals surface area contributed by atoms with E-state index in [1.807, 2.05) is 18.2 Å². The van der Waals surface area contributed by atoms with Crippen molar-refractivity contribution in [2.24, 2.45) is 0 Å². The Morgan fingerprint density at radius 1 is 0.865 bits per heavy atom. The summed E-state index contributed by atoms with van der Waals surface area (Å²) < 4.78 is 5.72. The summed E-state index contributed by atoms with van der Waals surface area (Å²) >= 11 is 0. The number of nitrogens with zero attached hydrogens (tertiary/aromatic N) is 2. The minimum atomic E-state index is -0.666. The summed E-state index contributed by atoms with van der Waals surface area (Å²) in [4.78, 5) is 41.8. The maximum absolute atomic E-state index is 13.4. The second kappa shape index (κ2) is 8.78. The van der Waals surface area contributed by atoms with Gasteiger partial charge in [0, 0.05) is 36.0 Å². The van der Waals surface area contributed by atoms with Crippen LogP contribution < -0.4 is 10.2 Å². The SMILES string of the molecule is O=C1CCC(N2C(=O)c3cccc4c(Cc5ccc(CN6C7CCC6COC7)cc5)ccc2c34)C(=O)N1. The number of anilines is 1. The second-order valence-electron chi connectivity index (χ2n) is 10.7. The first-order valence-corrected chi connectivity index (χ1v) is 13.2. The predicted molar refractivity (Wildman–Crippen MR) is 139 cm³/mol. The van der Waals surface area contributed by atoms with E-state index in [0.29, 0.717) is 24.1 Å². The molecule has 0 radical (unpaired) electrons. The first-order chi connectivity index (χ1) is 18.1. The minimum absolute atomic E-state index is 0.173. The summed E-state index contributed by atoms with van der Waals surface area (Å²) in [5, 5.41) is 4.32. The molecule has 3 aromatic rings. The lowest BCUT2D eigenvalue weighted by atomic mass is 9.95. The Balaban J connectivity index is 1.15. The Morgan fingerprint density at radius 3 is 2.38 bits per heavy atom. The van der Waals surface area contributed by atoms with Crippen LogP contribution >= 0.6 is 0 Å². The van der Waals surface area contributed by atoms with Crippen LogP contribution in [-0.2, 0) is 27.3 Å². The van der Waals surface area contributed by atoms with Gasteiger partial charge in [-0.05, 0) is 59.9 Å². The van der Waals surface area contributed by atoms with E-state index in [4.69, 9.17) is 4.74 Å². The maximum Gasteiger partial charge on any atom is 0.259 e. The van der Waals surface area contributed by atoms with Crippen LogP contribution in [0.3, 0.4) is 0 Å². The number of amides is 3. The fourth-order valence-corrected chi connectivity index (χ4v) is 6.62. The summed E-state index contributed by atoms with van der Waals surface area (Å²) in [6.07, 6.45) is 3.80. The molecule has 2 bridgehead atoms. The molecule has 4 aliphatic rings. The Hall–Kier alpha value is -3.55. The zero-order valence-corrected chi connectivity index (χ0v) is 20.6. The first-order valence-electron chi connectivity index (χ1n) is 13.2. The lowest BCUT2D eigenvalue weighted by molar-refractivity contribution is -0.134. The molecule has 3 unspecified atom stereocenters. The van der Waals surface area contributed by atoms with Crippen molar-refractivity contribution in [3.05, 3.63) is 76.9 Å². The molecule has 7 nitrogen and oxygen atoms in total. The van der Waals surface area contributed by atoms with Gasteiger partial charge in [0.15, 0.2) is 0 Å². The molecule has 0 spiro atoms. The van der Waals surface area contributed by atoms with Gasteiger partial charge in [-0.1, -0.05) is 42.5 Å². The molecule has 1 N–H and O–H groups in total. The third-order valence-corrected chi connectivity index (χ3v) is 8.51. The van der Waals surface area contributed by atoms with Gasteiger partial charge < -0.3 is 4.74 Å². The van der Waals surface area contributed by atoms with Crippen molar-refractivity contribution in [1.82, 2.24) is 10.2 Å². The van der Waals surface area contributed by atoms with Crippen molar-refractivity contribution >= 4 is 34.2 Å². The van der Waals surface area contributed by atoms with Crippen molar-refractivity contribution < 1.29 is 19.1 Å². The average Bonchev–Trinajstić information content (AvgIpc) is 3.29. The molecule has 0 aliphatic carbocycles. The van der Waals surface area contributed by atoms with Crippen molar-refractivity contribution in [2.45, 2.75) is 56.8 Å². The van der Waals surface area contributed by atoms with E-state index in [2.05, 4.69) is 46.6 Å². The van der Waals surface area contributed by atoms with Crippen LogP contribution in [-0.4, -0.2) is 54.0 Å². The number of ether oxygens (including phenoxy) is 1. The van der Waals surface area contributed by atoms with E-state index in [1.165, 1.54) is 24.0 Å². The Bertz CT molecular complexity index is 1420. The number of hydrogen-bond acceptors (Lipinski definition) is 5. The highest BCUT2D eigenvalue weighted by molar-refractivity contribution is 6.27. The van der Waals surface area contributed by atoms with E-state index in [-0.39, 0.29) is 18.2 Å². The number of carbonyl (C=O) groups is 3. The summed E-state index contributed by atoms with van der Waals surface area (Å²) in [5.74, 6) is -0.859. The Morgan fingerprint density at radius 2 is 1.62 bits per heavy atom. The lowest BCUT2D eigenvalue weighted by Crippen LogP contribution is -2.53. The lowest BCUT2D eigenvalue weighted by Gasteiger charge is -2.34. The van der Waals surface area contributed by atoms with Crippen LogP contribution in [0.15, 0.2) is 54.6 Å². The van der Waals surface area contributed by atoms with E-state index in [0.717, 1.165) is 48.2 Å². The number of morpholine rings is 1. The largest absolute Gasteiger partial charge is 0.378 e. The third-order valence-electron chi connectivity index (χ3n) is 8.51. The quantitative estimate of drug-likeness (QED) is 0.548. The van der Waals surface area contributed by atoms with Crippen LogP contribution in [0.5, 0.6) is 0 Å². The van der Waals surface area contributed by atoms with Crippen LogP contribution in [0.4, 0.5) is 5.69 Å². The summed E-state index contributed by atoms with van der Waals surface area (Å²) in [6.45, 7) is 2.67. The van der Waals surface area contributed by atoms with Crippen molar-refractivity contribution in [3.63, 3.8) is 0 Å². The average molecular weight is 496 g/mol. The molecule has 7 rings (SSSR count). The van der Waals surface area contributed by atoms with Crippen molar-refractivity contribution in [2.75, 3.05) is 18.1 Å². The molecule has 3 aromatic carbocycles. The number of benzene rings is 3. The molecule has 3 atom stereocenters. The highest BCUT2D eigenvalue weighted by Gasteiger charge is 2.41. The van der Waals surface area contributed by atoms with E-state index in [9.17, 15) is 14.4 Å². The number of imide groups is 1. The van der Waals surface area contributed by atoms with E-state index < -0.39 is 11.9 Å². The van der Waals surface area contributed by atoms with Gasteiger partial charge in [-0.15, -0.1) is 0 Å². The van der Waals surface area contributed by atoms with Gasteiger partial charge >= 0.3 is 0 Å². The number of rotatable bonds is 5. The predicted octanol–water partition coefficient (Wildman–Crippen LogP) is 3.56. The van der Waals surface area contributed by atoms with Crippen LogP contribution in [0, 0.1) is 0 Å². The monoisotopic (exact) mass is 495 g/mol. The molecular weight excluding hydrogens is 466 g/mol. The van der Waals surface area contributed by atoms with Gasteiger partial charge in [-0.3, -0.25) is 29.5 Å². The molecule has 3 saturated heterocycles. The Labute approximate surface area is 215 Å². The fraction of sp³-hybridized carbons (Fsp3) is 0.367. The van der Waals surface area contributed by atoms with Crippen molar-refractivity contribution in [1.29, 1.82) is 0 Å². The zero-order chi connectivity index (χ0) is 25.1. The van der Waals surface area contributed by atoms with Gasteiger partial charge in [-0.2, -0.15) is 0 Å². The van der Waals surface area contributed by atoms with Gasteiger partial charge in [-0.25, -0.2) is 0 Å². The number of carbonyl (C=O) groups excluding carboxylic acids is 3. The molecule has 4 aliphatic heterocycles. The van der Waals surface area contributed by atoms with E-state index >= 15 is 0 Å². The van der Waals surface area contributed by atoms with Crippen LogP contribution in [0.2, 0.25) is 0 Å². The van der Waals surface area contributed by atoms with Gasteiger partial charge in [0.1, 0.15) is 6.04 Å². The molecule has 37 heavy (non-hydrogen) atoms. The van der Waals surface area contributed by atoms with Gasteiger partial charge in [0.25, 0.3) is 5.91 Å². The molecule has 188 valence electrons. The van der Waals surface area contributed by atoms with Crippen LogP contribution in [0.1, 0.15) is 52.7 Å². The Kier molecular flexibility index (Phi) is 5.37. The number of nitrogens with one attached hydrogen (secondary N) is 1. The molecule has 3 amide bonds. The topological polar surface area (TPSA) is 79.0 Å². The third kappa shape index (κ3) is 3.76. The fourth-order valence-electron chi connectivity index (χ4n) is 6.62.